The summed E-state index contributed by atoms with van der Waals surface area (Å²) in [5.41, 5.74) is 0. The summed E-state index contributed by atoms with van der Waals surface area (Å²) < 4.78 is 42.4. The molecule has 0 saturated carbocycles. The van der Waals surface area contributed by atoms with Crippen molar-refractivity contribution in [2.24, 2.45) is 11.8 Å². The lowest BCUT2D eigenvalue weighted by atomic mass is 10.2. The van der Waals surface area contributed by atoms with Crippen molar-refractivity contribution >= 4 is 14.8 Å². The Balaban J connectivity index is -0.0000000261. The molecule has 282 valence electrons. The van der Waals surface area contributed by atoms with Gasteiger partial charge in [-0.25, -0.2) is 4.79 Å². The van der Waals surface area contributed by atoms with Crippen molar-refractivity contribution in [3.63, 3.8) is 0 Å². The van der Waals surface area contributed by atoms with Crippen LogP contribution in [0, 0.1) is 11.8 Å². The van der Waals surface area contributed by atoms with Crippen LogP contribution < -0.4 is 0 Å². The maximum Gasteiger partial charge on any atom is 0.528 e. The molecular formula is C33H92O9Si. The van der Waals surface area contributed by atoms with Gasteiger partial charge in [-0.1, -0.05) is 110 Å². The number of ether oxygens (including phenoxy) is 5. The molecule has 0 spiro atoms. The fraction of sp³-hybridized carbons (Fsp3) is 0.909. The molecule has 0 amide bonds. The van der Waals surface area contributed by atoms with Crippen molar-refractivity contribution in [3.8, 4) is 0 Å². The van der Waals surface area contributed by atoms with Crippen molar-refractivity contribution in [1.82, 2.24) is 0 Å². The summed E-state index contributed by atoms with van der Waals surface area (Å²) in [5, 5.41) is 0. The van der Waals surface area contributed by atoms with Gasteiger partial charge in [0.05, 0.1) is 26.4 Å². The fourth-order valence-corrected chi connectivity index (χ4v) is 4.56. The number of hydrogen-bond acceptors (Lipinski definition) is 9. The van der Waals surface area contributed by atoms with E-state index in [2.05, 4.69) is 18.2 Å². The summed E-state index contributed by atoms with van der Waals surface area (Å²) in [4.78, 5) is 10.5. The monoisotopic (exact) mass is 661 g/mol. The maximum atomic E-state index is 10.5. The molecule has 0 heterocycles. The van der Waals surface area contributed by atoms with Crippen molar-refractivity contribution in [2.75, 3.05) is 73.5 Å². The molecule has 2 unspecified atom stereocenters. The van der Waals surface area contributed by atoms with Gasteiger partial charge in [-0.2, -0.15) is 0 Å². The number of rotatable bonds is 19. The summed E-state index contributed by atoms with van der Waals surface area (Å²) in [7, 11) is 0.675. The Hall–Kier alpha value is -0.853. The first-order valence-electron chi connectivity index (χ1n) is 10.7. The Morgan fingerprint density at radius 3 is 1.23 bits per heavy atom. The Morgan fingerprint density at radius 2 is 0.953 bits per heavy atom. The van der Waals surface area contributed by atoms with E-state index in [1.165, 1.54) is 0 Å². The zero-order valence-corrected chi connectivity index (χ0v) is 21.5. The van der Waals surface area contributed by atoms with Crippen LogP contribution in [0.3, 0.4) is 0 Å². The highest BCUT2D eigenvalue weighted by Crippen LogP contribution is 2.11. The third kappa shape index (κ3) is 57.4. The van der Waals surface area contributed by atoms with E-state index in [1.807, 2.05) is 27.7 Å². The van der Waals surface area contributed by atoms with Gasteiger partial charge in [-0.3, -0.25) is 0 Å². The molecular weight excluding hydrogens is 568 g/mol. The molecule has 0 aliphatic heterocycles. The Morgan fingerprint density at radius 1 is 0.628 bits per heavy atom. The van der Waals surface area contributed by atoms with E-state index in [1.54, 1.807) is 14.2 Å². The Kier molecular flexibility index (Phi) is 134. The van der Waals surface area contributed by atoms with Gasteiger partial charge in [-0.15, -0.1) is 0 Å². The first kappa shape index (κ1) is 90.1. The molecule has 0 aliphatic carbocycles. The van der Waals surface area contributed by atoms with E-state index >= 15 is 0 Å². The van der Waals surface area contributed by atoms with Crippen molar-refractivity contribution in [3.05, 3.63) is 12.7 Å². The number of esters is 1. The summed E-state index contributed by atoms with van der Waals surface area (Å²) in [5.74, 6) is 0.179. The van der Waals surface area contributed by atoms with E-state index in [-0.39, 0.29) is 95.9 Å². The van der Waals surface area contributed by atoms with E-state index in [4.69, 9.17) is 32.2 Å². The highest BCUT2D eigenvalue weighted by Gasteiger charge is 2.41. The van der Waals surface area contributed by atoms with Crippen LogP contribution in [0.15, 0.2) is 12.7 Å². The summed E-state index contributed by atoms with van der Waals surface area (Å²) in [6.07, 6.45) is 1.50. The van der Waals surface area contributed by atoms with Crippen LogP contribution >= 0.6 is 0 Å². The minimum atomic E-state index is -2.65. The van der Waals surface area contributed by atoms with Crippen LogP contribution in [0.1, 0.15) is 124 Å². The average molecular weight is 661 g/mol. The largest absolute Gasteiger partial charge is 0.528 e. The number of carbonyl (C=O) groups is 1. The van der Waals surface area contributed by atoms with E-state index in [9.17, 15) is 4.79 Å². The Labute approximate surface area is 278 Å². The van der Waals surface area contributed by atoms with Crippen LogP contribution in [0.25, 0.3) is 0 Å². The third-order valence-corrected chi connectivity index (χ3v) is 6.27. The number of methoxy groups -OCH3 is 2. The lowest BCUT2D eigenvalue weighted by Crippen LogP contribution is -2.51. The predicted molar refractivity (Wildman–Crippen MR) is 201 cm³/mol. The second-order valence-corrected chi connectivity index (χ2v) is 9.30. The fourth-order valence-electron chi connectivity index (χ4n) is 2.37. The van der Waals surface area contributed by atoms with Crippen LogP contribution in [0.4, 0.5) is 0 Å². The van der Waals surface area contributed by atoms with Crippen LogP contribution in [-0.2, 0) is 41.8 Å². The summed E-state index contributed by atoms with van der Waals surface area (Å²) in [6.45, 7) is 17.3. The van der Waals surface area contributed by atoms with Gasteiger partial charge in [0, 0.05) is 52.0 Å². The van der Waals surface area contributed by atoms with Crippen molar-refractivity contribution < 1.29 is 41.8 Å². The normalized spacial score (nSPS) is 9.47. The molecule has 0 radical (unpaired) electrons. The molecule has 43 heavy (non-hydrogen) atoms. The first-order valence-corrected chi connectivity index (χ1v) is 12.6. The predicted octanol–water partition coefficient (Wildman–Crippen LogP) is 10.5. The highest BCUT2D eigenvalue weighted by atomic mass is 28.4. The van der Waals surface area contributed by atoms with E-state index < -0.39 is 14.8 Å². The Bertz CT molecular complexity index is 412. The molecule has 0 bridgehead atoms. The van der Waals surface area contributed by atoms with Gasteiger partial charge in [0.2, 0.25) is 0 Å². The van der Waals surface area contributed by atoms with Crippen LogP contribution in [0.2, 0.25) is 0 Å². The first-order chi connectivity index (χ1) is 14.8. The minimum absolute atomic E-state index is 0. The number of hydrogen-bond donors (Lipinski definition) is 0. The van der Waals surface area contributed by atoms with Gasteiger partial charge < -0.3 is 37.0 Å². The van der Waals surface area contributed by atoms with Crippen molar-refractivity contribution in [1.29, 1.82) is 0 Å². The zero-order chi connectivity index (χ0) is 24.0. The minimum Gasteiger partial charge on any atom is -0.435 e. The summed E-state index contributed by atoms with van der Waals surface area (Å²) >= 11 is 0. The zero-order valence-electron chi connectivity index (χ0n) is 20.5. The average Bonchev–Trinajstić information content (AvgIpc) is 2.72. The quantitative estimate of drug-likeness (QED) is 0.0441. The second kappa shape index (κ2) is 64.2. The SMILES string of the molecule is C.C.C.C.C.C.C.C.C.C.C.C.C=CC(=O)OCOCC(C)COC.CCO[Si](COCC(C)COC)(OCC)OCC. The number of carbonyl (C=O) groups excluding carboxylic acids is 1. The molecule has 10 heteroatoms. The molecule has 2 atom stereocenters. The van der Waals surface area contributed by atoms with Gasteiger partial charge in [0.15, 0.2) is 6.79 Å². The molecule has 0 aromatic heterocycles. The molecule has 0 aromatic rings. The smallest absolute Gasteiger partial charge is 0.435 e. The molecule has 0 rings (SSSR count). The van der Waals surface area contributed by atoms with Gasteiger partial charge >= 0.3 is 14.8 Å². The standard InChI is InChI=1S/C12H28O5Si.C9H16O4.12CH4/c1-6-15-18(16-7-2,17-8-3)11-14-10-12(4)9-13-5;1-4-9(10)13-7-12-6-8(2)5-11-3;;;;;;;;;;;;/h12H,6-11H2,1-5H3;4,8H,1,5-7H2,2-3H3;12*1H4. The van der Waals surface area contributed by atoms with Gasteiger partial charge in [0.1, 0.15) is 6.23 Å². The molecule has 9 nitrogen and oxygen atoms in total. The van der Waals surface area contributed by atoms with Gasteiger partial charge in [0.25, 0.3) is 0 Å². The van der Waals surface area contributed by atoms with Gasteiger partial charge in [-0.05, 0) is 20.8 Å². The second-order valence-electron chi connectivity index (χ2n) is 6.77. The molecule has 0 aliphatic rings. The lowest BCUT2D eigenvalue weighted by Gasteiger charge is -2.28. The molecule has 0 saturated heterocycles. The molecule has 0 N–H and O–H groups in total. The molecule has 0 aromatic carbocycles. The highest BCUT2D eigenvalue weighted by molar-refractivity contribution is 6.60. The van der Waals surface area contributed by atoms with E-state index in [0.717, 1.165) is 6.08 Å². The lowest BCUT2D eigenvalue weighted by molar-refractivity contribution is -0.151. The summed E-state index contributed by atoms with van der Waals surface area (Å²) in [6, 6.07) is 0. The third-order valence-electron chi connectivity index (χ3n) is 3.53. The van der Waals surface area contributed by atoms with E-state index in [0.29, 0.717) is 64.3 Å². The van der Waals surface area contributed by atoms with Crippen LogP contribution in [0.5, 0.6) is 0 Å². The molecule has 0 fully saturated rings. The topological polar surface area (TPSA) is 90.9 Å². The van der Waals surface area contributed by atoms with Crippen molar-refractivity contribution in [2.45, 2.75) is 124 Å². The maximum absolute atomic E-state index is 10.5. The van der Waals surface area contributed by atoms with Crippen LogP contribution in [-0.4, -0.2) is 88.3 Å².